The lowest BCUT2D eigenvalue weighted by Crippen LogP contribution is -1.96. The molecule has 1 heterocycles. The van der Waals surface area contributed by atoms with Gasteiger partial charge in [0.05, 0.1) is 17.2 Å². The van der Waals surface area contributed by atoms with Crippen LogP contribution in [0.15, 0.2) is 22.7 Å². The number of halogens is 1. The summed E-state index contributed by atoms with van der Waals surface area (Å²) in [6, 6.07) is 5.69. The molecule has 0 bridgehead atoms. The highest BCUT2D eigenvalue weighted by Gasteiger charge is 2.12. The molecule has 1 aromatic carbocycles. The highest BCUT2D eigenvalue weighted by Crippen LogP contribution is 2.27. The molecule has 2 aromatic rings. The molecule has 0 unspecified atom stereocenters. The minimum Gasteiger partial charge on any atom is -0.384 e. The van der Waals surface area contributed by atoms with Gasteiger partial charge in [-0.1, -0.05) is 28.4 Å². The van der Waals surface area contributed by atoms with Gasteiger partial charge in [-0.05, 0) is 19.1 Å². The number of aromatic nitrogens is 2. The van der Waals surface area contributed by atoms with E-state index in [0.29, 0.717) is 29.8 Å². The minimum atomic E-state index is 0.449. The first-order chi connectivity index (χ1) is 8.20. The fraction of sp³-hybridized carbons (Fsp3) is 0.333. The van der Waals surface area contributed by atoms with Crippen molar-refractivity contribution in [2.75, 3.05) is 13.7 Å². The smallest absolute Gasteiger partial charge is 0.259 e. The molecule has 0 spiro atoms. The molecular formula is C12H13ClN2O2. The summed E-state index contributed by atoms with van der Waals surface area (Å²) in [6.45, 7) is 2.56. The van der Waals surface area contributed by atoms with E-state index in [0.717, 1.165) is 11.1 Å². The number of methoxy groups -OCH3 is 1. The van der Waals surface area contributed by atoms with Crippen LogP contribution in [0.1, 0.15) is 11.4 Å². The Kier molecular flexibility index (Phi) is 3.76. The van der Waals surface area contributed by atoms with E-state index in [9.17, 15) is 0 Å². The minimum absolute atomic E-state index is 0.449. The van der Waals surface area contributed by atoms with E-state index >= 15 is 0 Å². The lowest BCUT2D eigenvalue weighted by Gasteiger charge is -1.99. The van der Waals surface area contributed by atoms with Crippen molar-refractivity contribution in [2.24, 2.45) is 0 Å². The van der Waals surface area contributed by atoms with Crippen LogP contribution in [0, 0.1) is 6.92 Å². The fourth-order valence-electron chi connectivity index (χ4n) is 1.46. The molecular weight excluding hydrogens is 240 g/mol. The Morgan fingerprint density at radius 3 is 3.00 bits per heavy atom. The van der Waals surface area contributed by atoms with Crippen LogP contribution in [-0.2, 0) is 11.2 Å². The average Bonchev–Trinajstić information content (AvgIpc) is 2.78. The first kappa shape index (κ1) is 12.1. The van der Waals surface area contributed by atoms with Crippen LogP contribution < -0.4 is 0 Å². The monoisotopic (exact) mass is 252 g/mol. The summed E-state index contributed by atoms with van der Waals surface area (Å²) in [5.41, 5.74) is 1.86. The molecule has 0 fully saturated rings. The lowest BCUT2D eigenvalue weighted by atomic mass is 10.1. The maximum atomic E-state index is 6.09. The number of aryl methyl sites for hydroxylation is 1. The average molecular weight is 253 g/mol. The normalized spacial score (nSPS) is 10.8. The molecule has 2 rings (SSSR count). The standard InChI is InChI=1S/C12H13ClN2O2/c1-8-3-4-10(13)9(7-8)12-14-11(15-17-12)5-6-16-2/h3-4,7H,5-6H2,1-2H3. The van der Waals surface area contributed by atoms with Gasteiger partial charge in [0, 0.05) is 13.5 Å². The number of nitrogens with zero attached hydrogens (tertiary/aromatic N) is 2. The van der Waals surface area contributed by atoms with Gasteiger partial charge in [-0.15, -0.1) is 0 Å². The van der Waals surface area contributed by atoms with Crippen molar-refractivity contribution in [1.29, 1.82) is 0 Å². The molecule has 0 atom stereocenters. The van der Waals surface area contributed by atoms with Crippen LogP contribution in [0.4, 0.5) is 0 Å². The maximum Gasteiger partial charge on any atom is 0.259 e. The summed E-state index contributed by atoms with van der Waals surface area (Å²) < 4.78 is 10.1. The van der Waals surface area contributed by atoms with Crippen LogP contribution in [-0.4, -0.2) is 23.9 Å². The number of ether oxygens (including phenoxy) is 1. The zero-order valence-electron chi connectivity index (χ0n) is 9.74. The van der Waals surface area contributed by atoms with Gasteiger partial charge in [-0.2, -0.15) is 4.98 Å². The molecule has 4 nitrogen and oxygen atoms in total. The molecule has 0 saturated carbocycles. The van der Waals surface area contributed by atoms with Gasteiger partial charge >= 0.3 is 0 Å². The van der Waals surface area contributed by atoms with Crippen molar-refractivity contribution in [2.45, 2.75) is 13.3 Å². The summed E-state index contributed by atoms with van der Waals surface area (Å²) in [7, 11) is 1.64. The molecule has 0 aliphatic carbocycles. The number of benzene rings is 1. The summed E-state index contributed by atoms with van der Waals surface area (Å²) >= 11 is 6.09. The van der Waals surface area contributed by atoms with Gasteiger partial charge in [-0.25, -0.2) is 0 Å². The topological polar surface area (TPSA) is 48.2 Å². The Bertz CT molecular complexity index is 511. The van der Waals surface area contributed by atoms with E-state index in [1.165, 1.54) is 0 Å². The molecule has 0 amide bonds. The summed E-state index contributed by atoms with van der Waals surface area (Å²) in [5.74, 6) is 1.07. The number of rotatable bonds is 4. The van der Waals surface area contributed by atoms with Gasteiger partial charge in [0.15, 0.2) is 5.82 Å². The van der Waals surface area contributed by atoms with E-state index in [1.54, 1.807) is 7.11 Å². The van der Waals surface area contributed by atoms with Gasteiger partial charge in [0.1, 0.15) is 0 Å². The van der Waals surface area contributed by atoms with Crippen LogP contribution in [0.2, 0.25) is 5.02 Å². The second kappa shape index (κ2) is 5.29. The number of hydrogen-bond donors (Lipinski definition) is 0. The third kappa shape index (κ3) is 2.84. The Morgan fingerprint density at radius 1 is 1.41 bits per heavy atom. The molecule has 17 heavy (non-hydrogen) atoms. The third-order valence-corrected chi connectivity index (χ3v) is 2.68. The van der Waals surface area contributed by atoms with Crippen LogP contribution >= 0.6 is 11.6 Å². The maximum absolute atomic E-state index is 6.09. The SMILES string of the molecule is COCCc1noc(-c2cc(C)ccc2Cl)n1. The molecule has 0 saturated heterocycles. The Morgan fingerprint density at radius 2 is 2.24 bits per heavy atom. The summed E-state index contributed by atoms with van der Waals surface area (Å²) in [4.78, 5) is 4.28. The summed E-state index contributed by atoms with van der Waals surface area (Å²) in [5, 5.41) is 4.48. The van der Waals surface area contributed by atoms with Crippen molar-refractivity contribution in [3.63, 3.8) is 0 Å². The Hall–Kier alpha value is -1.39. The van der Waals surface area contributed by atoms with Crippen molar-refractivity contribution in [3.05, 3.63) is 34.6 Å². The predicted octanol–water partition coefficient (Wildman–Crippen LogP) is 2.89. The van der Waals surface area contributed by atoms with Crippen LogP contribution in [0.5, 0.6) is 0 Å². The van der Waals surface area contributed by atoms with Gasteiger partial charge in [-0.3, -0.25) is 0 Å². The van der Waals surface area contributed by atoms with Gasteiger partial charge in [0.2, 0.25) is 0 Å². The lowest BCUT2D eigenvalue weighted by molar-refractivity contribution is 0.199. The van der Waals surface area contributed by atoms with E-state index in [4.69, 9.17) is 20.9 Å². The van der Waals surface area contributed by atoms with E-state index in [-0.39, 0.29) is 0 Å². The van der Waals surface area contributed by atoms with Crippen LogP contribution in [0.25, 0.3) is 11.5 Å². The fourth-order valence-corrected chi connectivity index (χ4v) is 1.66. The van der Waals surface area contributed by atoms with Crippen molar-refractivity contribution in [3.8, 4) is 11.5 Å². The quantitative estimate of drug-likeness (QED) is 0.840. The predicted molar refractivity (Wildman–Crippen MR) is 65.1 cm³/mol. The number of hydrogen-bond acceptors (Lipinski definition) is 4. The Labute approximate surface area is 105 Å². The zero-order valence-corrected chi connectivity index (χ0v) is 10.5. The molecule has 0 radical (unpaired) electrons. The highest BCUT2D eigenvalue weighted by molar-refractivity contribution is 6.33. The molecule has 0 aliphatic heterocycles. The third-order valence-electron chi connectivity index (χ3n) is 2.35. The molecule has 0 N–H and O–H groups in total. The summed E-state index contributed by atoms with van der Waals surface area (Å²) in [6.07, 6.45) is 0.628. The van der Waals surface area contributed by atoms with E-state index < -0.39 is 0 Å². The first-order valence-corrected chi connectivity index (χ1v) is 5.66. The van der Waals surface area contributed by atoms with Crippen molar-refractivity contribution < 1.29 is 9.26 Å². The highest BCUT2D eigenvalue weighted by atomic mass is 35.5. The van der Waals surface area contributed by atoms with E-state index in [2.05, 4.69) is 10.1 Å². The van der Waals surface area contributed by atoms with Gasteiger partial charge < -0.3 is 9.26 Å². The second-order valence-corrected chi connectivity index (χ2v) is 4.15. The van der Waals surface area contributed by atoms with Crippen molar-refractivity contribution >= 4 is 11.6 Å². The van der Waals surface area contributed by atoms with Crippen LogP contribution in [0.3, 0.4) is 0 Å². The second-order valence-electron chi connectivity index (χ2n) is 3.74. The van der Waals surface area contributed by atoms with E-state index in [1.807, 2.05) is 25.1 Å². The van der Waals surface area contributed by atoms with Crippen molar-refractivity contribution in [1.82, 2.24) is 10.1 Å². The zero-order chi connectivity index (χ0) is 12.3. The largest absolute Gasteiger partial charge is 0.384 e. The molecule has 90 valence electrons. The molecule has 0 aliphatic rings. The molecule has 1 aromatic heterocycles. The Balaban J connectivity index is 2.27. The molecule has 5 heteroatoms. The first-order valence-electron chi connectivity index (χ1n) is 5.29. The van der Waals surface area contributed by atoms with Gasteiger partial charge in [0.25, 0.3) is 5.89 Å².